The first-order chi connectivity index (χ1) is 18.5. The summed E-state index contributed by atoms with van der Waals surface area (Å²) in [5.74, 6) is 0.432. The van der Waals surface area contributed by atoms with Gasteiger partial charge >= 0.3 is 0 Å². The van der Waals surface area contributed by atoms with Crippen LogP contribution in [0, 0.1) is 19.3 Å². The number of amidine groups is 2. The van der Waals surface area contributed by atoms with Gasteiger partial charge < -0.3 is 9.30 Å². The van der Waals surface area contributed by atoms with Gasteiger partial charge in [0.2, 0.25) is 5.17 Å². The lowest BCUT2D eigenvalue weighted by Gasteiger charge is -2.20. The van der Waals surface area contributed by atoms with E-state index in [2.05, 4.69) is 38.7 Å². The van der Waals surface area contributed by atoms with Crippen LogP contribution in [0.25, 0.3) is 17.0 Å². The summed E-state index contributed by atoms with van der Waals surface area (Å²) in [5, 5.41) is 16.7. The van der Waals surface area contributed by atoms with Crippen LogP contribution in [0.3, 0.4) is 0 Å². The van der Waals surface area contributed by atoms with Crippen LogP contribution in [0.5, 0.6) is 5.75 Å². The van der Waals surface area contributed by atoms with Crippen LogP contribution in [-0.4, -0.2) is 43.1 Å². The largest absolute Gasteiger partial charge is 0.491 e. The van der Waals surface area contributed by atoms with Gasteiger partial charge in [-0.2, -0.15) is 15.1 Å². The van der Waals surface area contributed by atoms with Crippen molar-refractivity contribution in [1.82, 2.24) is 14.6 Å². The number of benzene rings is 2. The minimum Gasteiger partial charge on any atom is -0.491 e. The number of aliphatic imine (C=N–C) groups is 1. The Hall–Kier alpha value is -4.50. The predicted octanol–water partition coefficient (Wildman–Crippen LogP) is 5.40. The van der Waals surface area contributed by atoms with Gasteiger partial charge in [-0.25, -0.2) is 0 Å². The fraction of sp³-hybridized carbons (Fsp3) is 0.138. The van der Waals surface area contributed by atoms with Crippen LogP contribution >= 0.6 is 11.8 Å². The van der Waals surface area contributed by atoms with Crippen molar-refractivity contribution < 1.29 is 9.53 Å². The molecular weight excluding hydrogens is 496 g/mol. The van der Waals surface area contributed by atoms with Crippen LogP contribution in [0.1, 0.15) is 22.3 Å². The van der Waals surface area contributed by atoms with Crippen LogP contribution in [-0.2, 0) is 11.3 Å². The predicted molar refractivity (Wildman–Crippen MR) is 152 cm³/mol. The lowest BCUT2D eigenvalue weighted by molar-refractivity contribution is -0.114. The van der Waals surface area contributed by atoms with Crippen molar-refractivity contribution in [3.05, 3.63) is 101 Å². The second-order valence-corrected chi connectivity index (χ2v) is 10.0. The minimum atomic E-state index is -0.452. The van der Waals surface area contributed by atoms with Gasteiger partial charge in [-0.15, -0.1) is 0 Å². The molecule has 188 valence electrons. The summed E-state index contributed by atoms with van der Waals surface area (Å²) in [6, 6.07) is 17.9. The minimum absolute atomic E-state index is 0.00137. The van der Waals surface area contributed by atoms with Crippen molar-refractivity contribution >= 4 is 50.7 Å². The molecule has 0 aliphatic carbocycles. The first-order valence-electron chi connectivity index (χ1n) is 12.2. The number of carbonyl (C=O) groups is 1. The molecule has 0 bridgehead atoms. The van der Waals surface area contributed by atoms with Gasteiger partial charge in [-0.3, -0.25) is 15.2 Å². The molecule has 6 rings (SSSR count). The molecule has 2 aromatic heterocycles. The van der Waals surface area contributed by atoms with Crippen molar-refractivity contribution in [2.24, 2.45) is 10.1 Å². The molecule has 0 radical (unpaired) electrons. The molecule has 0 unspecified atom stereocenters. The zero-order valence-corrected chi connectivity index (χ0v) is 21.7. The summed E-state index contributed by atoms with van der Waals surface area (Å²) in [5.41, 5.74) is 5.12. The highest BCUT2D eigenvalue weighted by molar-refractivity contribution is 8.27. The Morgan fingerprint density at radius 1 is 1.11 bits per heavy atom. The molecule has 1 N–H and O–H groups in total. The lowest BCUT2D eigenvalue weighted by Crippen LogP contribution is -2.35. The number of amides is 1. The summed E-state index contributed by atoms with van der Waals surface area (Å²) in [6.45, 7) is 5.22. The molecule has 2 aromatic carbocycles. The third-order valence-electron chi connectivity index (χ3n) is 6.42. The van der Waals surface area contributed by atoms with Crippen molar-refractivity contribution in [3.63, 3.8) is 0 Å². The zero-order chi connectivity index (χ0) is 26.2. The number of thioether (sulfide) groups is 1. The smallest absolute Gasteiger partial charge is 0.283 e. The second-order valence-electron chi connectivity index (χ2n) is 9.08. The Balaban J connectivity index is 1.28. The van der Waals surface area contributed by atoms with E-state index in [1.807, 2.05) is 55.6 Å². The van der Waals surface area contributed by atoms with Crippen LogP contribution in [0.2, 0.25) is 0 Å². The molecule has 38 heavy (non-hydrogen) atoms. The van der Waals surface area contributed by atoms with Crippen molar-refractivity contribution in [3.8, 4) is 5.75 Å². The van der Waals surface area contributed by atoms with Gasteiger partial charge in [0, 0.05) is 40.6 Å². The van der Waals surface area contributed by atoms with Gasteiger partial charge in [-0.05, 0) is 67.1 Å². The molecule has 1 amide bonds. The number of carbonyl (C=O) groups excluding carboxylic acids is 1. The Labute approximate surface area is 223 Å². The number of fused-ring (bicyclic) bond motifs is 2. The number of rotatable bonds is 6. The first-order valence-corrected chi connectivity index (χ1v) is 13.0. The molecule has 2 aliphatic rings. The lowest BCUT2D eigenvalue weighted by atomic mass is 10.1. The normalized spacial score (nSPS) is 16.2. The maximum absolute atomic E-state index is 13.0. The number of ether oxygens (including phenoxy) is 1. The number of aryl methyl sites for hydroxylation is 2. The molecule has 9 heteroatoms. The van der Waals surface area contributed by atoms with Crippen LogP contribution in [0.4, 0.5) is 0 Å². The van der Waals surface area contributed by atoms with Gasteiger partial charge in [0.15, 0.2) is 5.84 Å². The summed E-state index contributed by atoms with van der Waals surface area (Å²) in [4.78, 5) is 21.4. The Bertz CT molecular complexity index is 1690. The summed E-state index contributed by atoms with van der Waals surface area (Å²) in [6.07, 6.45) is 7.11. The Morgan fingerprint density at radius 2 is 1.97 bits per heavy atom. The van der Waals surface area contributed by atoms with E-state index in [0.29, 0.717) is 23.4 Å². The molecule has 4 heterocycles. The molecule has 0 atom stereocenters. The van der Waals surface area contributed by atoms with E-state index in [4.69, 9.17) is 10.1 Å². The van der Waals surface area contributed by atoms with E-state index < -0.39 is 5.91 Å². The second kappa shape index (κ2) is 9.75. The maximum Gasteiger partial charge on any atom is 0.283 e. The molecule has 2 aliphatic heterocycles. The van der Waals surface area contributed by atoms with Crippen molar-refractivity contribution in [2.75, 3.05) is 6.61 Å². The monoisotopic (exact) mass is 520 g/mol. The van der Waals surface area contributed by atoms with Gasteiger partial charge in [0.25, 0.3) is 5.91 Å². The summed E-state index contributed by atoms with van der Waals surface area (Å²) >= 11 is 1.26. The van der Waals surface area contributed by atoms with E-state index in [1.165, 1.54) is 16.8 Å². The van der Waals surface area contributed by atoms with Gasteiger partial charge in [-0.1, -0.05) is 30.3 Å². The van der Waals surface area contributed by atoms with E-state index in [1.54, 1.807) is 18.5 Å². The molecule has 8 nitrogen and oxygen atoms in total. The molecular formula is C29H24N6O2S. The number of para-hydroxylation sites is 1. The molecule has 4 aromatic rings. The zero-order valence-electron chi connectivity index (χ0n) is 20.9. The SMILES string of the molecule is Cc1ccc(C)c(OCCn2cc(/C=C3\C(=N)N4N=C(c5cccnc5)SC4=NC3=O)c3ccccc32)c1. The summed E-state index contributed by atoms with van der Waals surface area (Å²) < 4.78 is 8.20. The summed E-state index contributed by atoms with van der Waals surface area (Å²) in [7, 11) is 0. The van der Waals surface area contributed by atoms with E-state index in [0.717, 1.165) is 38.9 Å². The van der Waals surface area contributed by atoms with Crippen molar-refractivity contribution in [1.29, 1.82) is 5.41 Å². The molecule has 0 saturated carbocycles. The van der Waals surface area contributed by atoms with E-state index in [-0.39, 0.29) is 11.4 Å². The van der Waals surface area contributed by atoms with E-state index >= 15 is 0 Å². The highest BCUT2D eigenvalue weighted by Gasteiger charge is 2.36. The number of aromatic nitrogens is 2. The van der Waals surface area contributed by atoms with Gasteiger partial charge in [0.1, 0.15) is 17.4 Å². The van der Waals surface area contributed by atoms with Gasteiger partial charge in [0.05, 0.1) is 12.1 Å². The highest BCUT2D eigenvalue weighted by Crippen LogP contribution is 2.32. The fourth-order valence-corrected chi connectivity index (χ4v) is 5.33. The Kier molecular flexibility index (Phi) is 6.13. The number of pyridine rings is 1. The maximum atomic E-state index is 13.0. The number of nitrogens with zero attached hydrogens (tertiary/aromatic N) is 5. The third-order valence-corrected chi connectivity index (χ3v) is 7.37. The highest BCUT2D eigenvalue weighted by atomic mass is 32.2. The van der Waals surface area contributed by atoms with E-state index in [9.17, 15) is 4.79 Å². The number of hydrogen-bond acceptors (Lipinski definition) is 6. The van der Waals surface area contributed by atoms with Crippen LogP contribution in [0.15, 0.2) is 88.9 Å². The average molecular weight is 521 g/mol. The molecule has 0 saturated heterocycles. The molecule has 0 spiro atoms. The standard InChI is InChI=1S/C29H24N6O2S/c1-18-9-10-19(2)25(14-18)37-13-12-34-17-21(22-7-3-4-8-24(22)34)15-23-26(30)35-29(32-27(23)36)38-28(33-35)20-6-5-11-31-16-20/h3-11,14-17,30H,12-13H2,1-2H3/b23-15+,30-26?. The quantitative estimate of drug-likeness (QED) is 0.344. The first kappa shape index (κ1) is 23.9. The third kappa shape index (κ3) is 4.41. The fourth-order valence-electron chi connectivity index (χ4n) is 4.45. The van der Waals surface area contributed by atoms with Crippen molar-refractivity contribution in [2.45, 2.75) is 20.4 Å². The average Bonchev–Trinajstić information content (AvgIpc) is 3.51. The van der Waals surface area contributed by atoms with Crippen LogP contribution < -0.4 is 4.74 Å². The number of hydrazone groups is 1. The molecule has 0 fully saturated rings. The number of nitrogens with one attached hydrogen (secondary N) is 1. The Morgan fingerprint density at radius 3 is 2.82 bits per heavy atom. The number of hydrogen-bond donors (Lipinski definition) is 1. The topological polar surface area (TPSA) is 95.9 Å².